The molecule has 2 atom stereocenters. The van der Waals surface area contributed by atoms with Gasteiger partial charge in [0, 0.05) is 25.7 Å². The van der Waals surface area contributed by atoms with Crippen molar-refractivity contribution in [3.63, 3.8) is 0 Å². The third kappa shape index (κ3) is 3.26. The van der Waals surface area contributed by atoms with Gasteiger partial charge >= 0.3 is 0 Å². The highest BCUT2D eigenvalue weighted by atomic mass is 15.1. The number of hydrogen-bond donors (Lipinski definition) is 0. The van der Waals surface area contributed by atoms with E-state index >= 15 is 0 Å². The molecule has 0 amide bonds. The Kier molecular flexibility index (Phi) is 4.55. The monoisotopic (exact) mass is 341 g/mol. The Morgan fingerprint density at radius 3 is 2.35 bits per heavy atom. The second-order valence-corrected chi connectivity index (χ2v) is 7.86. The van der Waals surface area contributed by atoms with Crippen molar-refractivity contribution in [2.45, 2.75) is 25.7 Å². The molecule has 0 aromatic heterocycles. The highest BCUT2D eigenvalue weighted by molar-refractivity contribution is 5.67. The molecule has 0 aliphatic heterocycles. The molecule has 3 aromatic carbocycles. The Bertz CT molecular complexity index is 892. The van der Waals surface area contributed by atoms with Gasteiger partial charge in [-0.3, -0.25) is 0 Å². The molecule has 0 heterocycles. The van der Waals surface area contributed by atoms with Crippen LogP contribution >= 0.6 is 0 Å². The maximum Gasteiger partial charge on any atom is 0.0361 e. The molecule has 3 aromatic rings. The molecule has 132 valence electrons. The lowest BCUT2D eigenvalue weighted by atomic mass is 9.74. The number of rotatable bonds is 3. The molecular weight excluding hydrogens is 314 g/mol. The number of anilines is 1. The van der Waals surface area contributed by atoms with E-state index in [0.717, 1.165) is 5.92 Å². The Hall–Kier alpha value is -2.54. The molecule has 0 saturated carbocycles. The van der Waals surface area contributed by atoms with Crippen molar-refractivity contribution < 1.29 is 0 Å². The van der Waals surface area contributed by atoms with Gasteiger partial charge in [0.05, 0.1) is 0 Å². The van der Waals surface area contributed by atoms with Gasteiger partial charge in [-0.05, 0) is 58.7 Å². The predicted molar refractivity (Wildman–Crippen MR) is 112 cm³/mol. The second-order valence-electron chi connectivity index (χ2n) is 7.86. The number of benzene rings is 3. The van der Waals surface area contributed by atoms with Crippen molar-refractivity contribution in [3.8, 4) is 11.1 Å². The zero-order valence-corrected chi connectivity index (χ0v) is 15.9. The van der Waals surface area contributed by atoms with Crippen LogP contribution in [-0.2, 0) is 6.42 Å². The van der Waals surface area contributed by atoms with E-state index < -0.39 is 0 Å². The Labute approximate surface area is 157 Å². The molecule has 26 heavy (non-hydrogen) atoms. The lowest BCUT2D eigenvalue weighted by Gasteiger charge is -2.30. The summed E-state index contributed by atoms with van der Waals surface area (Å²) >= 11 is 0. The average molecular weight is 341 g/mol. The van der Waals surface area contributed by atoms with Crippen molar-refractivity contribution in [1.82, 2.24) is 0 Å². The highest BCUT2D eigenvalue weighted by Gasteiger charge is 2.25. The first-order valence-corrected chi connectivity index (χ1v) is 9.57. The molecule has 0 N–H and O–H groups in total. The molecule has 0 spiro atoms. The van der Waals surface area contributed by atoms with E-state index in [9.17, 15) is 0 Å². The third-order valence-corrected chi connectivity index (χ3v) is 5.64. The minimum Gasteiger partial charge on any atom is -0.378 e. The van der Waals surface area contributed by atoms with Gasteiger partial charge in [0.2, 0.25) is 0 Å². The van der Waals surface area contributed by atoms with E-state index in [2.05, 4.69) is 98.7 Å². The van der Waals surface area contributed by atoms with Crippen molar-refractivity contribution >= 4 is 5.69 Å². The van der Waals surface area contributed by atoms with Gasteiger partial charge in [-0.25, -0.2) is 0 Å². The molecule has 1 aliphatic carbocycles. The van der Waals surface area contributed by atoms with Crippen LogP contribution in [0.4, 0.5) is 5.69 Å². The van der Waals surface area contributed by atoms with Crippen molar-refractivity contribution in [3.05, 3.63) is 89.5 Å². The summed E-state index contributed by atoms with van der Waals surface area (Å²) in [6, 6.07) is 27.0. The number of hydrogen-bond acceptors (Lipinski definition) is 1. The first kappa shape index (κ1) is 16.9. The smallest absolute Gasteiger partial charge is 0.0361 e. The van der Waals surface area contributed by atoms with Crippen LogP contribution < -0.4 is 4.90 Å². The van der Waals surface area contributed by atoms with E-state index in [1.165, 1.54) is 46.3 Å². The Morgan fingerprint density at radius 2 is 1.58 bits per heavy atom. The molecule has 0 radical (unpaired) electrons. The van der Waals surface area contributed by atoms with Crippen LogP contribution in [0.3, 0.4) is 0 Å². The number of nitrogens with zero attached hydrogens (tertiary/aromatic N) is 1. The fourth-order valence-electron chi connectivity index (χ4n) is 4.25. The summed E-state index contributed by atoms with van der Waals surface area (Å²) in [5.74, 6) is 1.24. The van der Waals surface area contributed by atoms with Crippen LogP contribution in [0.5, 0.6) is 0 Å². The predicted octanol–water partition coefficient (Wildman–Crippen LogP) is 6.13. The van der Waals surface area contributed by atoms with Gasteiger partial charge < -0.3 is 4.90 Å². The fourth-order valence-corrected chi connectivity index (χ4v) is 4.25. The Balaban J connectivity index is 1.70. The van der Waals surface area contributed by atoms with E-state index in [1.807, 2.05) is 0 Å². The fraction of sp³-hybridized carbons (Fsp3) is 0.280. The van der Waals surface area contributed by atoms with Gasteiger partial charge in [-0.15, -0.1) is 0 Å². The van der Waals surface area contributed by atoms with Crippen LogP contribution in [-0.4, -0.2) is 14.1 Å². The zero-order valence-electron chi connectivity index (χ0n) is 15.9. The van der Waals surface area contributed by atoms with Crippen molar-refractivity contribution in [1.29, 1.82) is 0 Å². The minimum atomic E-state index is 0.510. The van der Waals surface area contributed by atoms with Crippen LogP contribution in [0.2, 0.25) is 0 Å². The van der Waals surface area contributed by atoms with Crippen LogP contribution in [0.15, 0.2) is 72.8 Å². The van der Waals surface area contributed by atoms with Gasteiger partial charge in [0.1, 0.15) is 0 Å². The van der Waals surface area contributed by atoms with E-state index in [4.69, 9.17) is 0 Å². The summed E-state index contributed by atoms with van der Waals surface area (Å²) in [7, 11) is 4.16. The standard InChI is InChI=1S/C25H27N/c1-18-15-21-7-4-5-10-24(21)25(16-18)22-9-6-8-20(17-22)19-11-13-23(14-12-19)26(2)3/h4-14,17-18,25H,15-16H2,1-3H3/t18-,25-/m1/s1. The quantitative estimate of drug-likeness (QED) is 0.553. The summed E-state index contributed by atoms with van der Waals surface area (Å²) in [6.07, 6.45) is 2.44. The normalized spacial score (nSPS) is 19.0. The summed E-state index contributed by atoms with van der Waals surface area (Å²) in [5.41, 5.74) is 8.32. The molecular formula is C25H27N. The molecule has 0 saturated heterocycles. The molecule has 0 fully saturated rings. The molecule has 4 rings (SSSR count). The third-order valence-electron chi connectivity index (χ3n) is 5.64. The zero-order chi connectivity index (χ0) is 18.1. The lowest BCUT2D eigenvalue weighted by Crippen LogP contribution is -2.17. The molecule has 0 unspecified atom stereocenters. The van der Waals surface area contributed by atoms with Gasteiger partial charge in [-0.1, -0.05) is 67.6 Å². The lowest BCUT2D eigenvalue weighted by molar-refractivity contribution is 0.464. The number of fused-ring (bicyclic) bond motifs is 1. The molecule has 1 heteroatoms. The average Bonchev–Trinajstić information content (AvgIpc) is 2.67. The van der Waals surface area contributed by atoms with E-state index in [-0.39, 0.29) is 0 Å². The topological polar surface area (TPSA) is 3.24 Å². The largest absolute Gasteiger partial charge is 0.378 e. The van der Waals surface area contributed by atoms with Gasteiger partial charge in [-0.2, -0.15) is 0 Å². The molecule has 1 nitrogen and oxygen atoms in total. The molecule has 1 aliphatic rings. The SMILES string of the molecule is C[C@@H]1Cc2ccccc2[C@@H](c2cccc(-c3ccc(N(C)C)cc3)c2)C1. The summed E-state index contributed by atoms with van der Waals surface area (Å²) in [6.45, 7) is 2.38. The summed E-state index contributed by atoms with van der Waals surface area (Å²) < 4.78 is 0. The maximum absolute atomic E-state index is 2.39. The van der Waals surface area contributed by atoms with Crippen LogP contribution in [0, 0.1) is 5.92 Å². The van der Waals surface area contributed by atoms with Gasteiger partial charge in [0.15, 0.2) is 0 Å². The van der Waals surface area contributed by atoms with Crippen LogP contribution in [0.25, 0.3) is 11.1 Å². The first-order chi connectivity index (χ1) is 12.6. The highest BCUT2D eigenvalue weighted by Crippen LogP contribution is 2.40. The van der Waals surface area contributed by atoms with Crippen LogP contribution in [0.1, 0.15) is 36.0 Å². The minimum absolute atomic E-state index is 0.510. The van der Waals surface area contributed by atoms with Gasteiger partial charge in [0.25, 0.3) is 0 Å². The van der Waals surface area contributed by atoms with E-state index in [1.54, 1.807) is 0 Å². The second kappa shape index (κ2) is 6.99. The maximum atomic E-state index is 2.39. The van der Waals surface area contributed by atoms with Crippen molar-refractivity contribution in [2.24, 2.45) is 5.92 Å². The van der Waals surface area contributed by atoms with Crippen molar-refractivity contribution in [2.75, 3.05) is 19.0 Å². The summed E-state index contributed by atoms with van der Waals surface area (Å²) in [5, 5.41) is 0. The first-order valence-electron chi connectivity index (χ1n) is 9.57. The van der Waals surface area contributed by atoms with E-state index in [0.29, 0.717) is 5.92 Å². The Morgan fingerprint density at radius 1 is 0.808 bits per heavy atom. The summed E-state index contributed by atoms with van der Waals surface area (Å²) in [4.78, 5) is 2.14. The molecule has 0 bridgehead atoms.